The third kappa shape index (κ3) is 3.93. The third-order valence-electron chi connectivity index (χ3n) is 4.87. The first-order chi connectivity index (χ1) is 13.2. The van der Waals surface area contributed by atoms with Crippen LogP contribution < -0.4 is 5.76 Å². The third-order valence-corrected chi connectivity index (χ3v) is 4.87. The largest absolute Gasteiger partial charge is 0.420 e. The van der Waals surface area contributed by atoms with Gasteiger partial charge in [0.2, 0.25) is 5.91 Å². The maximum atomic E-state index is 12.6. The SMILES string of the molecule is O=C(Cn1c(=O)oc2ccccc21)N1CCC(OCc2cccnc2)CC1. The smallest absolute Gasteiger partial charge is 0.408 e. The number of benzene rings is 1. The molecule has 3 aromatic rings. The second-order valence-electron chi connectivity index (χ2n) is 6.67. The van der Waals surface area contributed by atoms with Crippen LogP contribution in [0, 0.1) is 0 Å². The molecule has 1 aliphatic heterocycles. The Morgan fingerprint density at radius 1 is 1.19 bits per heavy atom. The number of pyridine rings is 1. The van der Waals surface area contributed by atoms with Gasteiger partial charge in [-0.15, -0.1) is 0 Å². The number of hydrogen-bond donors (Lipinski definition) is 0. The van der Waals surface area contributed by atoms with E-state index in [2.05, 4.69) is 4.98 Å². The number of nitrogens with zero attached hydrogens (tertiary/aromatic N) is 3. The van der Waals surface area contributed by atoms with E-state index in [0.29, 0.717) is 30.8 Å². The van der Waals surface area contributed by atoms with Crippen LogP contribution in [0.1, 0.15) is 18.4 Å². The molecule has 1 saturated heterocycles. The Morgan fingerprint density at radius 3 is 2.78 bits per heavy atom. The molecule has 1 amide bonds. The van der Waals surface area contributed by atoms with Gasteiger partial charge in [0.1, 0.15) is 6.54 Å². The van der Waals surface area contributed by atoms with Crippen molar-refractivity contribution >= 4 is 17.0 Å². The minimum atomic E-state index is -0.501. The Morgan fingerprint density at radius 2 is 2.00 bits per heavy atom. The fourth-order valence-electron chi connectivity index (χ4n) is 3.37. The Kier molecular flexibility index (Phi) is 5.02. The van der Waals surface area contributed by atoms with E-state index in [1.54, 1.807) is 35.5 Å². The Labute approximate surface area is 156 Å². The number of likely N-dealkylation sites (tertiary alicyclic amines) is 1. The molecule has 140 valence electrons. The van der Waals surface area contributed by atoms with Gasteiger partial charge in [-0.25, -0.2) is 4.79 Å². The summed E-state index contributed by atoms with van der Waals surface area (Å²) < 4.78 is 12.5. The van der Waals surface area contributed by atoms with E-state index in [1.165, 1.54) is 4.57 Å². The summed E-state index contributed by atoms with van der Waals surface area (Å²) in [6, 6.07) is 11.0. The molecule has 2 aromatic heterocycles. The second-order valence-corrected chi connectivity index (χ2v) is 6.67. The lowest BCUT2D eigenvalue weighted by Crippen LogP contribution is -2.43. The summed E-state index contributed by atoms with van der Waals surface area (Å²) in [5.41, 5.74) is 2.19. The van der Waals surface area contributed by atoms with Gasteiger partial charge in [0.25, 0.3) is 0 Å². The van der Waals surface area contributed by atoms with E-state index in [-0.39, 0.29) is 18.6 Å². The first kappa shape index (κ1) is 17.5. The number of ether oxygens (including phenoxy) is 1. The zero-order valence-corrected chi connectivity index (χ0v) is 14.9. The number of rotatable bonds is 5. The zero-order valence-electron chi connectivity index (χ0n) is 14.9. The van der Waals surface area contributed by atoms with Crippen molar-refractivity contribution in [3.05, 3.63) is 64.9 Å². The average molecular weight is 367 g/mol. The lowest BCUT2D eigenvalue weighted by molar-refractivity contribution is -0.134. The molecule has 0 unspecified atom stereocenters. The van der Waals surface area contributed by atoms with Gasteiger partial charge < -0.3 is 14.1 Å². The van der Waals surface area contributed by atoms with Crippen LogP contribution in [0.3, 0.4) is 0 Å². The molecule has 1 fully saturated rings. The van der Waals surface area contributed by atoms with Crippen molar-refractivity contribution in [2.75, 3.05) is 13.1 Å². The van der Waals surface area contributed by atoms with Crippen molar-refractivity contribution in [2.45, 2.75) is 32.1 Å². The van der Waals surface area contributed by atoms with E-state index in [9.17, 15) is 9.59 Å². The summed E-state index contributed by atoms with van der Waals surface area (Å²) in [4.78, 5) is 30.5. The molecule has 0 bridgehead atoms. The fourth-order valence-corrected chi connectivity index (χ4v) is 3.37. The number of para-hydroxylation sites is 2. The molecular formula is C20H21N3O4. The van der Waals surface area contributed by atoms with Crippen LogP contribution in [0.2, 0.25) is 0 Å². The lowest BCUT2D eigenvalue weighted by atomic mass is 10.1. The summed E-state index contributed by atoms with van der Waals surface area (Å²) >= 11 is 0. The van der Waals surface area contributed by atoms with Gasteiger partial charge >= 0.3 is 5.76 Å². The van der Waals surface area contributed by atoms with Crippen molar-refractivity contribution < 1.29 is 13.9 Å². The van der Waals surface area contributed by atoms with Crippen molar-refractivity contribution in [1.29, 1.82) is 0 Å². The van der Waals surface area contributed by atoms with E-state index < -0.39 is 5.76 Å². The quantitative estimate of drug-likeness (QED) is 0.691. The summed E-state index contributed by atoms with van der Waals surface area (Å²) in [6.07, 6.45) is 5.24. The minimum Gasteiger partial charge on any atom is -0.408 e. The fraction of sp³-hybridized carbons (Fsp3) is 0.350. The molecule has 7 heteroatoms. The van der Waals surface area contributed by atoms with Gasteiger partial charge in [0, 0.05) is 25.5 Å². The molecule has 0 radical (unpaired) electrons. The summed E-state index contributed by atoms with van der Waals surface area (Å²) in [7, 11) is 0. The molecule has 7 nitrogen and oxygen atoms in total. The van der Waals surface area contributed by atoms with Gasteiger partial charge in [0.15, 0.2) is 5.58 Å². The van der Waals surface area contributed by atoms with E-state index in [1.807, 2.05) is 18.2 Å². The monoisotopic (exact) mass is 367 g/mol. The molecule has 27 heavy (non-hydrogen) atoms. The molecule has 0 saturated carbocycles. The van der Waals surface area contributed by atoms with Crippen molar-refractivity contribution in [1.82, 2.24) is 14.5 Å². The molecular weight excluding hydrogens is 346 g/mol. The first-order valence-electron chi connectivity index (χ1n) is 9.07. The highest BCUT2D eigenvalue weighted by Crippen LogP contribution is 2.17. The number of fused-ring (bicyclic) bond motifs is 1. The molecule has 0 atom stereocenters. The van der Waals surface area contributed by atoms with Crippen molar-refractivity contribution in [3.8, 4) is 0 Å². The maximum Gasteiger partial charge on any atom is 0.420 e. The molecule has 0 spiro atoms. The van der Waals surface area contributed by atoms with E-state index >= 15 is 0 Å². The van der Waals surface area contributed by atoms with Gasteiger partial charge in [-0.2, -0.15) is 0 Å². The maximum absolute atomic E-state index is 12.6. The Hall–Kier alpha value is -2.93. The number of hydrogen-bond acceptors (Lipinski definition) is 5. The highest BCUT2D eigenvalue weighted by molar-refractivity contribution is 5.79. The lowest BCUT2D eigenvalue weighted by Gasteiger charge is -2.32. The molecule has 0 aliphatic carbocycles. The Bertz CT molecular complexity index is 972. The van der Waals surface area contributed by atoms with Gasteiger partial charge in [0.05, 0.1) is 18.2 Å². The standard InChI is InChI=1S/C20H21N3O4/c24-19(13-23-17-5-1-2-6-18(17)27-20(23)25)22-10-7-16(8-11-22)26-14-15-4-3-9-21-12-15/h1-6,9,12,16H,7-8,10-11,13-14H2. The second kappa shape index (κ2) is 7.75. The van der Waals surface area contributed by atoms with Gasteiger partial charge in [-0.3, -0.25) is 14.3 Å². The highest BCUT2D eigenvalue weighted by atomic mass is 16.5. The van der Waals surface area contributed by atoms with E-state index in [4.69, 9.17) is 9.15 Å². The molecule has 3 heterocycles. The number of amides is 1. The predicted molar refractivity (Wildman–Crippen MR) is 99.1 cm³/mol. The van der Waals surface area contributed by atoms with Crippen LogP contribution in [0.15, 0.2) is 58.0 Å². The van der Waals surface area contributed by atoms with Crippen LogP contribution in [0.25, 0.3) is 11.1 Å². The van der Waals surface area contributed by atoms with Crippen LogP contribution in [0.4, 0.5) is 0 Å². The topological polar surface area (TPSA) is 77.6 Å². The molecule has 0 N–H and O–H groups in total. The van der Waals surface area contributed by atoms with Crippen LogP contribution in [0.5, 0.6) is 0 Å². The summed E-state index contributed by atoms with van der Waals surface area (Å²) in [6.45, 7) is 1.78. The molecule has 4 rings (SSSR count). The van der Waals surface area contributed by atoms with Crippen LogP contribution in [-0.2, 0) is 22.7 Å². The van der Waals surface area contributed by atoms with Crippen molar-refractivity contribution in [3.63, 3.8) is 0 Å². The van der Waals surface area contributed by atoms with Gasteiger partial charge in [-0.05, 0) is 36.6 Å². The predicted octanol–water partition coefficient (Wildman–Crippen LogP) is 2.20. The number of oxazole rings is 1. The molecule has 1 aliphatic rings. The summed E-state index contributed by atoms with van der Waals surface area (Å²) in [5, 5.41) is 0. The average Bonchev–Trinajstić information content (AvgIpc) is 3.03. The highest BCUT2D eigenvalue weighted by Gasteiger charge is 2.24. The zero-order chi connectivity index (χ0) is 18.6. The van der Waals surface area contributed by atoms with Crippen molar-refractivity contribution in [2.24, 2.45) is 0 Å². The summed E-state index contributed by atoms with van der Waals surface area (Å²) in [5.74, 6) is -0.575. The Balaban J connectivity index is 1.32. The number of piperidine rings is 1. The number of carbonyl (C=O) groups is 1. The van der Waals surface area contributed by atoms with Crippen LogP contribution in [-0.4, -0.2) is 39.6 Å². The number of aromatic nitrogens is 2. The normalized spacial score (nSPS) is 15.3. The molecule has 1 aromatic carbocycles. The van der Waals surface area contributed by atoms with Gasteiger partial charge in [-0.1, -0.05) is 18.2 Å². The number of carbonyl (C=O) groups excluding carboxylic acids is 1. The van der Waals surface area contributed by atoms with E-state index in [0.717, 1.165) is 18.4 Å². The minimum absolute atomic E-state index is 0.00292. The first-order valence-corrected chi connectivity index (χ1v) is 9.07. The van der Waals surface area contributed by atoms with Crippen LogP contribution >= 0.6 is 0 Å².